The first-order chi connectivity index (χ1) is 13.6. The molecule has 2 aromatic rings. The Morgan fingerprint density at radius 1 is 1.24 bits per heavy atom. The summed E-state index contributed by atoms with van der Waals surface area (Å²) in [5.74, 6) is -1.19. The summed E-state index contributed by atoms with van der Waals surface area (Å²) in [7, 11) is -2.61. The van der Waals surface area contributed by atoms with Crippen molar-refractivity contribution in [3.05, 3.63) is 53.8 Å². The van der Waals surface area contributed by atoms with Gasteiger partial charge in [-0.25, -0.2) is 12.8 Å². The SMILES string of the molecule is CC(=O)N1c2ccc(S(=O)(=O)N(C)CC(=O)Nc3cccc(F)c3)cc2CC1C. The van der Waals surface area contributed by atoms with Gasteiger partial charge in [0.25, 0.3) is 0 Å². The molecule has 0 fully saturated rings. The summed E-state index contributed by atoms with van der Waals surface area (Å²) in [6.45, 7) is 2.95. The molecule has 1 heterocycles. The number of benzene rings is 2. The fraction of sp³-hybridized carbons (Fsp3) is 0.300. The van der Waals surface area contributed by atoms with Crippen molar-refractivity contribution in [1.29, 1.82) is 0 Å². The Labute approximate surface area is 169 Å². The second kappa shape index (κ2) is 7.92. The summed E-state index contributed by atoms with van der Waals surface area (Å²) in [6.07, 6.45) is 0.558. The number of amides is 2. The highest BCUT2D eigenvalue weighted by atomic mass is 32.2. The zero-order chi connectivity index (χ0) is 21.3. The minimum absolute atomic E-state index is 0.0461. The van der Waals surface area contributed by atoms with Gasteiger partial charge in [0.2, 0.25) is 21.8 Å². The minimum atomic E-state index is -3.92. The van der Waals surface area contributed by atoms with Crippen LogP contribution in [0.5, 0.6) is 0 Å². The van der Waals surface area contributed by atoms with Gasteiger partial charge in [-0.1, -0.05) is 6.07 Å². The van der Waals surface area contributed by atoms with Crippen LogP contribution < -0.4 is 10.2 Å². The lowest BCUT2D eigenvalue weighted by Gasteiger charge is -2.21. The Bertz CT molecular complexity index is 1070. The summed E-state index contributed by atoms with van der Waals surface area (Å²) in [4.78, 5) is 25.7. The van der Waals surface area contributed by atoms with E-state index in [0.29, 0.717) is 12.1 Å². The van der Waals surface area contributed by atoms with Gasteiger partial charge in [-0.3, -0.25) is 9.59 Å². The second-order valence-electron chi connectivity index (χ2n) is 7.05. The Balaban J connectivity index is 1.76. The molecule has 3 rings (SSSR count). The molecule has 1 aliphatic rings. The summed E-state index contributed by atoms with van der Waals surface area (Å²) < 4.78 is 39.9. The molecule has 1 unspecified atom stereocenters. The maximum atomic E-state index is 13.2. The summed E-state index contributed by atoms with van der Waals surface area (Å²) in [6, 6.07) is 9.90. The van der Waals surface area contributed by atoms with E-state index in [1.54, 1.807) is 17.0 Å². The van der Waals surface area contributed by atoms with Crippen LogP contribution in [0.3, 0.4) is 0 Å². The lowest BCUT2D eigenvalue weighted by molar-refractivity contribution is -0.117. The van der Waals surface area contributed by atoms with Gasteiger partial charge in [-0.05, 0) is 55.3 Å². The number of halogens is 1. The zero-order valence-corrected chi connectivity index (χ0v) is 17.2. The lowest BCUT2D eigenvalue weighted by atomic mass is 10.1. The Morgan fingerprint density at radius 2 is 1.97 bits per heavy atom. The number of hydrogen-bond donors (Lipinski definition) is 1. The number of fused-ring (bicyclic) bond motifs is 1. The molecule has 1 N–H and O–H groups in total. The monoisotopic (exact) mass is 419 g/mol. The number of sulfonamides is 1. The molecular formula is C20H22FN3O4S. The zero-order valence-electron chi connectivity index (χ0n) is 16.3. The number of nitrogens with one attached hydrogen (secondary N) is 1. The Morgan fingerprint density at radius 3 is 2.62 bits per heavy atom. The smallest absolute Gasteiger partial charge is 0.243 e. The maximum absolute atomic E-state index is 13.2. The molecule has 9 heteroatoms. The molecule has 0 aliphatic carbocycles. The van der Waals surface area contributed by atoms with Crippen LogP contribution >= 0.6 is 0 Å². The molecule has 2 amide bonds. The van der Waals surface area contributed by atoms with Crippen LogP contribution in [0.2, 0.25) is 0 Å². The molecule has 7 nitrogen and oxygen atoms in total. The molecule has 2 aromatic carbocycles. The van der Waals surface area contributed by atoms with Crippen LogP contribution in [0.25, 0.3) is 0 Å². The predicted octanol–water partition coefficient (Wildman–Crippen LogP) is 2.38. The van der Waals surface area contributed by atoms with E-state index in [1.165, 1.54) is 38.2 Å². The van der Waals surface area contributed by atoms with E-state index in [2.05, 4.69) is 5.32 Å². The fourth-order valence-electron chi connectivity index (χ4n) is 3.48. The molecule has 29 heavy (non-hydrogen) atoms. The number of nitrogens with zero attached hydrogens (tertiary/aromatic N) is 2. The lowest BCUT2D eigenvalue weighted by Crippen LogP contribution is -2.35. The van der Waals surface area contributed by atoms with Crippen molar-refractivity contribution in [2.45, 2.75) is 31.2 Å². The van der Waals surface area contributed by atoms with E-state index in [9.17, 15) is 22.4 Å². The standard InChI is InChI=1S/C20H22FN3O4S/c1-13-9-15-10-18(7-8-19(15)24(13)14(2)25)29(27,28)23(3)12-20(26)22-17-6-4-5-16(21)11-17/h4-8,10-11,13H,9,12H2,1-3H3,(H,22,26). The van der Waals surface area contributed by atoms with E-state index in [0.717, 1.165) is 15.9 Å². The first kappa shape index (κ1) is 20.9. The van der Waals surface area contributed by atoms with Crippen molar-refractivity contribution in [2.75, 3.05) is 23.8 Å². The van der Waals surface area contributed by atoms with E-state index in [1.807, 2.05) is 6.92 Å². The number of likely N-dealkylation sites (N-methyl/N-ethyl adjacent to an activating group) is 1. The van der Waals surface area contributed by atoms with Crippen LogP contribution in [0.4, 0.5) is 15.8 Å². The quantitative estimate of drug-likeness (QED) is 0.806. The molecule has 0 saturated carbocycles. The fourth-order valence-corrected chi connectivity index (χ4v) is 4.66. The van der Waals surface area contributed by atoms with Gasteiger partial charge in [0.1, 0.15) is 5.82 Å². The highest BCUT2D eigenvalue weighted by Crippen LogP contribution is 2.34. The molecule has 0 spiro atoms. The predicted molar refractivity (Wildman–Crippen MR) is 108 cm³/mol. The Kier molecular flexibility index (Phi) is 5.72. The van der Waals surface area contributed by atoms with Gasteiger partial charge in [0.05, 0.1) is 11.4 Å². The molecule has 0 radical (unpaired) electrons. The van der Waals surface area contributed by atoms with Gasteiger partial charge in [0, 0.05) is 31.4 Å². The van der Waals surface area contributed by atoms with E-state index < -0.39 is 28.3 Å². The number of rotatable bonds is 5. The van der Waals surface area contributed by atoms with Crippen molar-refractivity contribution >= 4 is 33.2 Å². The number of carbonyl (C=O) groups is 2. The van der Waals surface area contributed by atoms with Crippen LogP contribution in [0.1, 0.15) is 19.4 Å². The van der Waals surface area contributed by atoms with Gasteiger partial charge in [-0.15, -0.1) is 0 Å². The largest absolute Gasteiger partial charge is 0.325 e. The molecular weight excluding hydrogens is 397 g/mol. The third kappa shape index (κ3) is 4.30. The average Bonchev–Trinajstić information content (AvgIpc) is 2.96. The van der Waals surface area contributed by atoms with Crippen LogP contribution in [0.15, 0.2) is 47.4 Å². The topological polar surface area (TPSA) is 86.8 Å². The maximum Gasteiger partial charge on any atom is 0.243 e. The summed E-state index contributed by atoms with van der Waals surface area (Å²) in [5.41, 5.74) is 1.72. The van der Waals surface area contributed by atoms with Gasteiger partial charge < -0.3 is 10.2 Å². The van der Waals surface area contributed by atoms with Crippen molar-refractivity contribution in [2.24, 2.45) is 0 Å². The van der Waals surface area contributed by atoms with Crippen LogP contribution in [-0.4, -0.2) is 44.2 Å². The van der Waals surface area contributed by atoms with Crippen LogP contribution in [0, 0.1) is 5.82 Å². The molecule has 0 saturated heterocycles. The van der Waals surface area contributed by atoms with E-state index in [-0.39, 0.29) is 22.5 Å². The summed E-state index contributed by atoms with van der Waals surface area (Å²) in [5, 5.41) is 2.47. The third-order valence-corrected chi connectivity index (χ3v) is 6.59. The van der Waals surface area contributed by atoms with Gasteiger partial charge >= 0.3 is 0 Å². The van der Waals surface area contributed by atoms with Gasteiger partial charge in [-0.2, -0.15) is 4.31 Å². The first-order valence-corrected chi connectivity index (χ1v) is 10.5. The van der Waals surface area contributed by atoms with Crippen molar-refractivity contribution in [3.8, 4) is 0 Å². The van der Waals surface area contributed by atoms with Gasteiger partial charge in [0.15, 0.2) is 0 Å². The number of carbonyl (C=O) groups excluding carboxylic acids is 2. The second-order valence-corrected chi connectivity index (χ2v) is 9.10. The Hall–Kier alpha value is -2.78. The average molecular weight is 419 g/mol. The highest BCUT2D eigenvalue weighted by Gasteiger charge is 2.31. The molecule has 0 bridgehead atoms. The molecule has 0 aromatic heterocycles. The number of hydrogen-bond acceptors (Lipinski definition) is 4. The first-order valence-electron chi connectivity index (χ1n) is 9.04. The highest BCUT2D eigenvalue weighted by molar-refractivity contribution is 7.89. The molecule has 154 valence electrons. The van der Waals surface area contributed by atoms with E-state index in [4.69, 9.17) is 0 Å². The van der Waals surface area contributed by atoms with Crippen LogP contribution in [-0.2, 0) is 26.0 Å². The normalized spacial score (nSPS) is 16.0. The van der Waals surface area contributed by atoms with Crippen molar-refractivity contribution < 1.29 is 22.4 Å². The number of anilines is 2. The van der Waals surface area contributed by atoms with E-state index >= 15 is 0 Å². The molecule has 1 aliphatic heterocycles. The minimum Gasteiger partial charge on any atom is -0.325 e. The van der Waals surface area contributed by atoms with Crippen molar-refractivity contribution in [3.63, 3.8) is 0 Å². The summed E-state index contributed by atoms with van der Waals surface area (Å²) >= 11 is 0. The molecule has 1 atom stereocenters. The van der Waals surface area contributed by atoms with Crippen molar-refractivity contribution in [1.82, 2.24) is 4.31 Å². The third-order valence-electron chi connectivity index (χ3n) is 4.79.